The van der Waals surface area contributed by atoms with Crippen LogP contribution in [0.4, 0.5) is 5.69 Å². The molecule has 0 spiro atoms. The summed E-state index contributed by atoms with van der Waals surface area (Å²) in [4.78, 5) is 30.6. The third-order valence-corrected chi connectivity index (χ3v) is 4.55. The molecule has 25 heavy (non-hydrogen) atoms. The van der Waals surface area contributed by atoms with E-state index in [0.717, 1.165) is 31.6 Å². The number of hydrogen-bond acceptors (Lipinski definition) is 3. The molecule has 1 saturated carbocycles. The van der Waals surface area contributed by atoms with Crippen LogP contribution in [0.2, 0.25) is 0 Å². The third-order valence-electron chi connectivity index (χ3n) is 4.55. The number of nitrogens with zero attached hydrogens (tertiary/aromatic N) is 3. The van der Waals surface area contributed by atoms with Gasteiger partial charge < -0.3 is 14.8 Å². The minimum atomic E-state index is -0.145. The fraction of sp³-hybridized carbons (Fsp3) is 0.421. The second kappa shape index (κ2) is 7.51. The zero-order valence-electron chi connectivity index (χ0n) is 14.7. The van der Waals surface area contributed by atoms with Crippen molar-refractivity contribution >= 4 is 17.5 Å². The number of imidazole rings is 1. The van der Waals surface area contributed by atoms with Crippen molar-refractivity contribution in [1.29, 1.82) is 0 Å². The van der Waals surface area contributed by atoms with E-state index >= 15 is 0 Å². The fourth-order valence-electron chi connectivity index (χ4n) is 2.87. The Morgan fingerprint density at radius 1 is 1.32 bits per heavy atom. The van der Waals surface area contributed by atoms with Gasteiger partial charge in [0.05, 0.1) is 11.3 Å². The molecule has 6 nitrogen and oxygen atoms in total. The number of aromatic nitrogens is 2. The van der Waals surface area contributed by atoms with E-state index in [1.54, 1.807) is 24.2 Å². The molecule has 1 fully saturated rings. The standard InChI is InChI=1S/C19H24N4O2/c1-14-20-11-13-23(14)12-5-10-21-18(24)16-6-3-4-7-17(16)22(2)19(25)15-8-9-15/h3-4,6-7,11,13,15H,5,8-10,12H2,1-2H3,(H,21,24). The van der Waals surface area contributed by atoms with E-state index in [1.165, 1.54) is 0 Å². The van der Waals surface area contributed by atoms with E-state index in [-0.39, 0.29) is 17.7 Å². The Morgan fingerprint density at radius 3 is 2.76 bits per heavy atom. The second-order valence-corrected chi connectivity index (χ2v) is 6.47. The summed E-state index contributed by atoms with van der Waals surface area (Å²) in [6.45, 7) is 3.35. The number of para-hydroxylation sites is 1. The first-order chi connectivity index (χ1) is 12.1. The maximum Gasteiger partial charge on any atom is 0.253 e. The second-order valence-electron chi connectivity index (χ2n) is 6.47. The van der Waals surface area contributed by atoms with Crippen molar-refractivity contribution in [2.24, 2.45) is 5.92 Å². The van der Waals surface area contributed by atoms with Crippen LogP contribution < -0.4 is 10.2 Å². The predicted octanol–water partition coefficient (Wildman–Crippen LogP) is 2.38. The van der Waals surface area contributed by atoms with Gasteiger partial charge in [0.25, 0.3) is 5.91 Å². The largest absolute Gasteiger partial charge is 0.352 e. The summed E-state index contributed by atoms with van der Waals surface area (Å²) in [6, 6.07) is 7.26. The summed E-state index contributed by atoms with van der Waals surface area (Å²) in [5.41, 5.74) is 1.21. The molecule has 0 saturated heterocycles. The number of aryl methyl sites for hydroxylation is 2. The highest BCUT2D eigenvalue weighted by atomic mass is 16.2. The lowest BCUT2D eigenvalue weighted by Crippen LogP contribution is -2.32. The van der Waals surface area contributed by atoms with E-state index in [0.29, 0.717) is 17.8 Å². The van der Waals surface area contributed by atoms with Crippen LogP contribution >= 0.6 is 0 Å². The van der Waals surface area contributed by atoms with Crippen LogP contribution in [0.25, 0.3) is 0 Å². The average Bonchev–Trinajstić information content (AvgIpc) is 3.40. The number of carbonyl (C=O) groups excluding carboxylic acids is 2. The van der Waals surface area contributed by atoms with E-state index in [2.05, 4.69) is 14.9 Å². The van der Waals surface area contributed by atoms with Gasteiger partial charge in [-0.05, 0) is 38.3 Å². The molecule has 132 valence electrons. The van der Waals surface area contributed by atoms with E-state index in [9.17, 15) is 9.59 Å². The highest BCUT2D eigenvalue weighted by molar-refractivity contribution is 6.05. The minimum absolute atomic E-state index is 0.0934. The molecule has 2 aromatic rings. The van der Waals surface area contributed by atoms with Crippen molar-refractivity contribution in [3.8, 4) is 0 Å². The average molecular weight is 340 g/mol. The molecule has 1 N–H and O–H groups in total. The Kier molecular flexibility index (Phi) is 5.16. The molecule has 0 bridgehead atoms. The van der Waals surface area contributed by atoms with Gasteiger partial charge in [-0.1, -0.05) is 12.1 Å². The lowest BCUT2D eigenvalue weighted by molar-refractivity contribution is -0.119. The van der Waals surface area contributed by atoms with Crippen LogP contribution in [-0.4, -0.2) is 35.0 Å². The van der Waals surface area contributed by atoms with Gasteiger partial charge in [-0.3, -0.25) is 9.59 Å². The summed E-state index contributed by atoms with van der Waals surface area (Å²) < 4.78 is 2.06. The maximum atomic E-state index is 12.5. The zero-order valence-corrected chi connectivity index (χ0v) is 14.7. The Labute approximate surface area is 147 Å². The molecule has 0 aliphatic heterocycles. The molecule has 0 radical (unpaired) electrons. The SMILES string of the molecule is Cc1nccn1CCCNC(=O)c1ccccc1N(C)C(=O)C1CC1. The van der Waals surface area contributed by atoms with Gasteiger partial charge in [0, 0.05) is 38.4 Å². The number of amides is 2. The van der Waals surface area contributed by atoms with Gasteiger partial charge in [0.15, 0.2) is 0 Å². The third kappa shape index (κ3) is 4.07. The topological polar surface area (TPSA) is 67.2 Å². The molecule has 1 aliphatic carbocycles. The Balaban J connectivity index is 1.58. The van der Waals surface area contributed by atoms with Gasteiger partial charge in [-0.25, -0.2) is 4.98 Å². The highest BCUT2D eigenvalue weighted by Gasteiger charge is 2.33. The Morgan fingerprint density at radius 2 is 2.08 bits per heavy atom. The minimum Gasteiger partial charge on any atom is -0.352 e. The normalized spacial score (nSPS) is 13.5. The number of nitrogens with one attached hydrogen (secondary N) is 1. The molecule has 3 rings (SSSR count). The summed E-state index contributed by atoms with van der Waals surface area (Å²) >= 11 is 0. The molecular formula is C19H24N4O2. The molecule has 1 heterocycles. The molecule has 2 amide bonds. The van der Waals surface area contributed by atoms with Crippen molar-refractivity contribution in [2.45, 2.75) is 32.7 Å². The number of carbonyl (C=O) groups is 2. The van der Waals surface area contributed by atoms with Crippen LogP contribution in [0.1, 0.15) is 35.4 Å². The van der Waals surface area contributed by atoms with Crippen LogP contribution in [0.15, 0.2) is 36.7 Å². The smallest absolute Gasteiger partial charge is 0.253 e. The quantitative estimate of drug-likeness (QED) is 0.787. The lowest BCUT2D eigenvalue weighted by Gasteiger charge is -2.20. The van der Waals surface area contributed by atoms with E-state index in [4.69, 9.17) is 0 Å². The summed E-state index contributed by atoms with van der Waals surface area (Å²) in [5.74, 6) is 1.04. The number of rotatable bonds is 7. The molecular weight excluding hydrogens is 316 g/mol. The van der Waals surface area contributed by atoms with Crippen molar-refractivity contribution in [3.63, 3.8) is 0 Å². The molecule has 1 aromatic heterocycles. The predicted molar refractivity (Wildman–Crippen MR) is 96.5 cm³/mol. The molecule has 0 unspecified atom stereocenters. The number of hydrogen-bond donors (Lipinski definition) is 1. The lowest BCUT2D eigenvalue weighted by atomic mass is 10.1. The summed E-state index contributed by atoms with van der Waals surface area (Å²) in [6.07, 6.45) is 6.43. The van der Waals surface area contributed by atoms with Crippen LogP contribution in [-0.2, 0) is 11.3 Å². The summed E-state index contributed by atoms with van der Waals surface area (Å²) in [5, 5.41) is 2.95. The van der Waals surface area contributed by atoms with Gasteiger partial charge in [-0.15, -0.1) is 0 Å². The Hall–Kier alpha value is -2.63. The maximum absolute atomic E-state index is 12.5. The first-order valence-electron chi connectivity index (χ1n) is 8.70. The fourth-order valence-corrected chi connectivity index (χ4v) is 2.87. The van der Waals surface area contributed by atoms with Crippen molar-refractivity contribution in [3.05, 3.63) is 48.0 Å². The van der Waals surface area contributed by atoms with Gasteiger partial charge in [-0.2, -0.15) is 0 Å². The van der Waals surface area contributed by atoms with Crippen LogP contribution in [0, 0.1) is 12.8 Å². The van der Waals surface area contributed by atoms with Crippen LogP contribution in [0.3, 0.4) is 0 Å². The van der Waals surface area contributed by atoms with Crippen molar-refractivity contribution < 1.29 is 9.59 Å². The van der Waals surface area contributed by atoms with Crippen LogP contribution in [0.5, 0.6) is 0 Å². The van der Waals surface area contributed by atoms with Gasteiger partial charge in [0.2, 0.25) is 5.91 Å². The highest BCUT2D eigenvalue weighted by Crippen LogP contribution is 2.33. The Bertz CT molecular complexity index is 764. The molecule has 6 heteroatoms. The van der Waals surface area contributed by atoms with Gasteiger partial charge in [0.1, 0.15) is 5.82 Å². The number of benzene rings is 1. The summed E-state index contributed by atoms with van der Waals surface area (Å²) in [7, 11) is 1.74. The monoisotopic (exact) mass is 340 g/mol. The molecule has 1 aromatic carbocycles. The zero-order chi connectivity index (χ0) is 17.8. The molecule has 0 atom stereocenters. The van der Waals surface area contributed by atoms with Crippen molar-refractivity contribution in [1.82, 2.24) is 14.9 Å². The molecule has 1 aliphatic rings. The van der Waals surface area contributed by atoms with E-state index < -0.39 is 0 Å². The first kappa shape index (κ1) is 17.2. The van der Waals surface area contributed by atoms with Gasteiger partial charge >= 0.3 is 0 Å². The van der Waals surface area contributed by atoms with E-state index in [1.807, 2.05) is 31.3 Å². The number of anilines is 1. The first-order valence-corrected chi connectivity index (χ1v) is 8.70. The van der Waals surface area contributed by atoms with Crippen molar-refractivity contribution in [2.75, 3.05) is 18.5 Å².